The summed E-state index contributed by atoms with van der Waals surface area (Å²) in [4.78, 5) is 25.2. The number of ether oxygens (including phenoxy) is 1. The lowest BCUT2D eigenvalue weighted by atomic mass is 10.1. The maximum atomic E-state index is 12.8. The fraction of sp³-hybridized carbons (Fsp3) is 0.263. The van der Waals surface area contributed by atoms with E-state index >= 15 is 0 Å². The van der Waals surface area contributed by atoms with Gasteiger partial charge in [-0.1, -0.05) is 33.7 Å². The fourth-order valence-electron chi connectivity index (χ4n) is 2.27. The Kier molecular flexibility index (Phi) is 7.94. The maximum Gasteiger partial charge on any atom is 0.324 e. The lowest BCUT2D eigenvalue weighted by molar-refractivity contribution is -0.142. The van der Waals surface area contributed by atoms with Gasteiger partial charge in [0.15, 0.2) is 0 Å². The number of sulfonamides is 1. The van der Waals surface area contributed by atoms with Crippen LogP contribution in [-0.2, 0) is 19.6 Å². The number of primary sulfonamides is 1. The SMILES string of the molecule is COC(=O)[C@@H](N)C(C)(C)SSc1ccccc1C(=O)Nc1ccc(S(N)(=O)=O)cc1. The van der Waals surface area contributed by atoms with E-state index in [2.05, 4.69) is 5.32 Å². The number of hydrogen-bond acceptors (Lipinski definition) is 8. The standard InChI is InChI=1S/C19H23N3O5S3/c1-19(2,16(20)18(24)27-3)29-28-15-7-5-4-6-14(15)17(23)22-12-8-10-13(11-9-12)30(21,25)26/h4-11,16H,20H2,1-3H3,(H,22,23)(H2,21,25,26)/t16-/m1/s1. The highest BCUT2D eigenvalue weighted by Crippen LogP contribution is 2.43. The van der Waals surface area contributed by atoms with Gasteiger partial charge in [-0.3, -0.25) is 9.59 Å². The summed E-state index contributed by atoms with van der Waals surface area (Å²) in [6.45, 7) is 3.64. The van der Waals surface area contributed by atoms with Crippen molar-refractivity contribution in [3.8, 4) is 0 Å². The molecule has 1 atom stereocenters. The minimum absolute atomic E-state index is 0.0444. The first-order valence-electron chi connectivity index (χ1n) is 8.68. The number of amides is 1. The summed E-state index contributed by atoms with van der Waals surface area (Å²) in [6, 6.07) is 11.7. The lowest BCUT2D eigenvalue weighted by Crippen LogP contribution is -2.47. The summed E-state index contributed by atoms with van der Waals surface area (Å²) in [6.07, 6.45) is 0. The molecule has 0 saturated heterocycles. The molecule has 2 aromatic rings. The van der Waals surface area contributed by atoms with Crippen molar-refractivity contribution in [1.82, 2.24) is 0 Å². The summed E-state index contributed by atoms with van der Waals surface area (Å²) >= 11 is 0. The van der Waals surface area contributed by atoms with E-state index in [1.807, 2.05) is 13.8 Å². The van der Waals surface area contributed by atoms with E-state index in [1.165, 1.54) is 53.0 Å². The Balaban J connectivity index is 2.14. The normalized spacial score (nSPS) is 12.8. The van der Waals surface area contributed by atoms with Gasteiger partial charge in [0.2, 0.25) is 10.0 Å². The van der Waals surface area contributed by atoms with E-state index < -0.39 is 26.8 Å². The highest BCUT2D eigenvalue weighted by Gasteiger charge is 2.34. The van der Waals surface area contributed by atoms with Crippen molar-refractivity contribution in [2.24, 2.45) is 10.9 Å². The van der Waals surface area contributed by atoms with Crippen LogP contribution in [0.4, 0.5) is 5.69 Å². The Bertz CT molecular complexity index is 1020. The molecule has 0 aliphatic rings. The van der Waals surface area contributed by atoms with Crippen LogP contribution in [0.25, 0.3) is 0 Å². The topological polar surface area (TPSA) is 142 Å². The van der Waals surface area contributed by atoms with E-state index in [9.17, 15) is 18.0 Å². The zero-order valence-corrected chi connectivity index (χ0v) is 19.1. The molecule has 0 saturated carbocycles. The van der Waals surface area contributed by atoms with E-state index in [0.717, 1.165) is 0 Å². The van der Waals surface area contributed by atoms with Crippen LogP contribution in [0.5, 0.6) is 0 Å². The van der Waals surface area contributed by atoms with Crippen LogP contribution in [0.15, 0.2) is 58.3 Å². The van der Waals surface area contributed by atoms with Gasteiger partial charge < -0.3 is 15.8 Å². The molecule has 2 aromatic carbocycles. The van der Waals surface area contributed by atoms with Gasteiger partial charge >= 0.3 is 5.97 Å². The summed E-state index contributed by atoms with van der Waals surface area (Å²) in [5, 5.41) is 7.81. The molecule has 8 nitrogen and oxygen atoms in total. The predicted molar refractivity (Wildman–Crippen MR) is 120 cm³/mol. The van der Waals surface area contributed by atoms with E-state index in [4.69, 9.17) is 15.6 Å². The first kappa shape index (κ1) is 24.2. The van der Waals surface area contributed by atoms with Gasteiger partial charge in [-0.2, -0.15) is 0 Å². The van der Waals surface area contributed by atoms with Crippen molar-refractivity contribution in [3.05, 3.63) is 54.1 Å². The number of methoxy groups -OCH3 is 1. The molecule has 0 heterocycles. The summed E-state index contributed by atoms with van der Waals surface area (Å²) in [7, 11) is 0.161. The minimum atomic E-state index is -3.81. The molecule has 0 unspecified atom stereocenters. The van der Waals surface area contributed by atoms with Gasteiger partial charge in [0.1, 0.15) is 6.04 Å². The number of carbonyl (C=O) groups excluding carboxylic acids is 2. The number of nitrogens with one attached hydrogen (secondary N) is 1. The summed E-state index contributed by atoms with van der Waals surface area (Å²) in [5.74, 6) is -0.876. The number of rotatable bonds is 8. The van der Waals surface area contributed by atoms with E-state index in [0.29, 0.717) is 16.1 Å². The smallest absolute Gasteiger partial charge is 0.324 e. The zero-order chi connectivity index (χ0) is 22.5. The number of esters is 1. The third-order valence-corrected chi connectivity index (χ3v) is 8.43. The fourth-order valence-corrected chi connectivity index (χ4v) is 5.33. The molecule has 0 aliphatic carbocycles. The van der Waals surface area contributed by atoms with Gasteiger partial charge in [-0.25, -0.2) is 13.6 Å². The highest BCUT2D eigenvalue weighted by atomic mass is 33.1. The second-order valence-corrected chi connectivity index (χ2v) is 11.2. The van der Waals surface area contributed by atoms with Gasteiger partial charge in [0, 0.05) is 15.3 Å². The molecule has 0 spiro atoms. The molecule has 2 rings (SSSR count). The summed E-state index contributed by atoms with van der Waals surface area (Å²) in [5.41, 5.74) is 6.82. The summed E-state index contributed by atoms with van der Waals surface area (Å²) < 4.78 is 26.7. The molecule has 5 N–H and O–H groups in total. The Morgan fingerprint density at radius 2 is 1.70 bits per heavy atom. The van der Waals surface area contributed by atoms with Gasteiger partial charge in [0.25, 0.3) is 5.91 Å². The zero-order valence-electron chi connectivity index (χ0n) is 16.6. The molecule has 1 amide bonds. The van der Waals surface area contributed by atoms with Crippen LogP contribution >= 0.6 is 21.6 Å². The van der Waals surface area contributed by atoms with Crippen LogP contribution in [0.2, 0.25) is 0 Å². The lowest BCUT2D eigenvalue weighted by Gasteiger charge is -2.28. The van der Waals surface area contributed by atoms with Crippen LogP contribution < -0.4 is 16.2 Å². The molecular weight excluding hydrogens is 446 g/mol. The molecule has 0 aromatic heterocycles. The number of carbonyl (C=O) groups is 2. The van der Waals surface area contributed by atoms with E-state index in [1.54, 1.807) is 24.3 Å². The molecule has 0 aliphatic heterocycles. The number of nitrogens with two attached hydrogens (primary N) is 2. The molecular formula is C19H23N3O5S3. The molecule has 0 fully saturated rings. The number of benzene rings is 2. The van der Waals surface area contributed by atoms with Crippen LogP contribution in [0.1, 0.15) is 24.2 Å². The average Bonchev–Trinajstić information content (AvgIpc) is 2.71. The largest absolute Gasteiger partial charge is 0.468 e. The Morgan fingerprint density at radius 3 is 2.27 bits per heavy atom. The Hall–Kier alpha value is -2.05. The molecule has 11 heteroatoms. The maximum absolute atomic E-state index is 12.8. The third-order valence-electron chi connectivity index (χ3n) is 4.12. The van der Waals surface area contributed by atoms with Crippen LogP contribution in [0.3, 0.4) is 0 Å². The van der Waals surface area contributed by atoms with Crippen LogP contribution in [0, 0.1) is 0 Å². The molecule has 30 heavy (non-hydrogen) atoms. The van der Waals surface area contributed by atoms with Crippen molar-refractivity contribution >= 4 is 49.2 Å². The quantitative estimate of drug-likeness (QED) is 0.396. The van der Waals surface area contributed by atoms with Gasteiger partial charge in [-0.05, 0) is 50.2 Å². The monoisotopic (exact) mass is 469 g/mol. The second-order valence-electron chi connectivity index (χ2n) is 6.79. The third kappa shape index (κ3) is 6.22. The first-order chi connectivity index (χ1) is 14.0. The van der Waals surface area contributed by atoms with Crippen LogP contribution in [-0.4, -0.2) is 38.2 Å². The van der Waals surface area contributed by atoms with Crippen molar-refractivity contribution in [1.29, 1.82) is 0 Å². The second kappa shape index (κ2) is 9.84. The minimum Gasteiger partial charge on any atom is -0.468 e. The van der Waals surface area contributed by atoms with Crippen molar-refractivity contribution in [3.63, 3.8) is 0 Å². The number of anilines is 1. The van der Waals surface area contributed by atoms with Crippen molar-refractivity contribution in [2.75, 3.05) is 12.4 Å². The van der Waals surface area contributed by atoms with Crippen molar-refractivity contribution in [2.45, 2.75) is 34.4 Å². The molecule has 162 valence electrons. The highest BCUT2D eigenvalue weighted by molar-refractivity contribution is 8.77. The van der Waals surface area contributed by atoms with E-state index in [-0.39, 0.29) is 10.8 Å². The number of hydrogen-bond donors (Lipinski definition) is 3. The van der Waals surface area contributed by atoms with Crippen molar-refractivity contribution < 1.29 is 22.7 Å². The van der Waals surface area contributed by atoms with Gasteiger partial charge in [0.05, 0.1) is 17.6 Å². The Labute approximate surface area is 183 Å². The molecule has 0 bridgehead atoms. The predicted octanol–water partition coefficient (Wildman–Crippen LogP) is 2.61. The Morgan fingerprint density at radius 1 is 1.10 bits per heavy atom. The molecule has 0 radical (unpaired) electrons. The average molecular weight is 470 g/mol. The first-order valence-corrected chi connectivity index (χ1v) is 12.4. The van der Waals surface area contributed by atoms with Gasteiger partial charge in [-0.15, -0.1) is 0 Å².